The van der Waals surface area contributed by atoms with Gasteiger partial charge >= 0.3 is 0 Å². The van der Waals surface area contributed by atoms with Crippen molar-refractivity contribution in [2.24, 2.45) is 0 Å². The molecule has 0 spiro atoms. The second-order valence-corrected chi connectivity index (χ2v) is 3.43. The molecule has 1 unspecified atom stereocenters. The minimum absolute atomic E-state index is 0.139. The summed E-state index contributed by atoms with van der Waals surface area (Å²) in [5, 5.41) is 9.16. The monoisotopic (exact) mass is 216 g/mol. The van der Waals surface area contributed by atoms with Gasteiger partial charge in [0, 0.05) is 17.0 Å². The molecule has 2 nitrogen and oxygen atoms in total. The van der Waals surface area contributed by atoms with Crippen molar-refractivity contribution in [1.29, 1.82) is 0 Å². The van der Waals surface area contributed by atoms with Crippen molar-refractivity contribution in [3.8, 4) is 0 Å². The van der Waals surface area contributed by atoms with Gasteiger partial charge in [0.1, 0.15) is 11.9 Å². The average molecular weight is 217 g/mol. The number of benzene rings is 1. The molecule has 1 rings (SSSR count). The normalized spacial score (nSPS) is 12.6. The van der Waals surface area contributed by atoms with Crippen LogP contribution in [0.1, 0.15) is 12.5 Å². The Balaban J connectivity index is 2.91. The van der Waals surface area contributed by atoms with Gasteiger partial charge in [-0.1, -0.05) is 17.7 Å². The van der Waals surface area contributed by atoms with Gasteiger partial charge in [-0.3, -0.25) is 4.79 Å². The predicted molar refractivity (Wildman–Crippen MR) is 51.8 cm³/mol. The Morgan fingerprint density at radius 2 is 2.29 bits per heavy atom. The lowest BCUT2D eigenvalue weighted by Gasteiger charge is -2.06. The standard InChI is InChI=1S/C10H10ClFO2/c1-6(13)10(14)5-7-8(11)3-2-4-9(7)12/h2-4,6,13H,5H2,1H3. The van der Waals surface area contributed by atoms with E-state index < -0.39 is 17.7 Å². The molecule has 0 radical (unpaired) electrons. The Labute approximate surface area is 86.3 Å². The van der Waals surface area contributed by atoms with Gasteiger partial charge in [-0.2, -0.15) is 0 Å². The highest BCUT2D eigenvalue weighted by Crippen LogP contribution is 2.19. The maximum atomic E-state index is 13.2. The molecule has 14 heavy (non-hydrogen) atoms. The van der Waals surface area contributed by atoms with Gasteiger partial charge in [0.05, 0.1) is 0 Å². The van der Waals surface area contributed by atoms with Gasteiger partial charge in [0.2, 0.25) is 0 Å². The molecule has 1 aromatic carbocycles. The number of aliphatic hydroxyl groups excluding tert-OH is 1. The molecule has 0 saturated heterocycles. The summed E-state index contributed by atoms with van der Waals surface area (Å²) in [6.45, 7) is 1.34. The lowest BCUT2D eigenvalue weighted by molar-refractivity contribution is -0.125. The highest BCUT2D eigenvalue weighted by atomic mass is 35.5. The Morgan fingerprint density at radius 1 is 1.64 bits per heavy atom. The summed E-state index contributed by atoms with van der Waals surface area (Å²) in [4.78, 5) is 11.1. The molecular formula is C10H10ClFO2. The molecule has 0 bridgehead atoms. The van der Waals surface area contributed by atoms with Crippen LogP contribution >= 0.6 is 11.6 Å². The zero-order chi connectivity index (χ0) is 10.7. The SMILES string of the molecule is CC(O)C(=O)Cc1c(F)cccc1Cl. The summed E-state index contributed by atoms with van der Waals surface area (Å²) in [6.07, 6.45) is -1.27. The fraction of sp³-hybridized carbons (Fsp3) is 0.300. The van der Waals surface area contributed by atoms with Crippen LogP contribution in [0.5, 0.6) is 0 Å². The van der Waals surface area contributed by atoms with E-state index in [-0.39, 0.29) is 17.0 Å². The average Bonchev–Trinajstić information content (AvgIpc) is 2.11. The van der Waals surface area contributed by atoms with E-state index >= 15 is 0 Å². The maximum Gasteiger partial charge on any atom is 0.165 e. The van der Waals surface area contributed by atoms with Gasteiger partial charge in [0.15, 0.2) is 5.78 Å². The van der Waals surface area contributed by atoms with Crippen LogP contribution in [-0.4, -0.2) is 17.0 Å². The van der Waals surface area contributed by atoms with Crippen LogP contribution in [0.15, 0.2) is 18.2 Å². The van der Waals surface area contributed by atoms with E-state index in [4.69, 9.17) is 16.7 Å². The van der Waals surface area contributed by atoms with Gasteiger partial charge in [-0.05, 0) is 19.1 Å². The summed E-state index contributed by atoms with van der Waals surface area (Å²) in [5.74, 6) is -0.969. The third kappa shape index (κ3) is 2.53. The first kappa shape index (κ1) is 11.1. The van der Waals surface area contributed by atoms with Crippen molar-refractivity contribution in [3.05, 3.63) is 34.6 Å². The highest BCUT2D eigenvalue weighted by Gasteiger charge is 2.15. The van der Waals surface area contributed by atoms with E-state index in [1.807, 2.05) is 0 Å². The number of carbonyl (C=O) groups is 1. The minimum Gasteiger partial charge on any atom is -0.386 e. The van der Waals surface area contributed by atoms with Crippen molar-refractivity contribution < 1.29 is 14.3 Å². The maximum absolute atomic E-state index is 13.2. The van der Waals surface area contributed by atoms with Gasteiger partial charge in [0.25, 0.3) is 0 Å². The van der Waals surface area contributed by atoms with Crippen LogP contribution in [0.4, 0.5) is 4.39 Å². The first-order chi connectivity index (χ1) is 6.52. The topological polar surface area (TPSA) is 37.3 Å². The number of ketones is 1. The molecule has 1 N–H and O–H groups in total. The quantitative estimate of drug-likeness (QED) is 0.839. The number of hydrogen-bond acceptors (Lipinski definition) is 2. The van der Waals surface area contributed by atoms with Crippen LogP contribution < -0.4 is 0 Å². The fourth-order valence-corrected chi connectivity index (χ4v) is 1.25. The molecular weight excluding hydrogens is 207 g/mol. The number of hydrogen-bond donors (Lipinski definition) is 1. The molecule has 0 aromatic heterocycles. The number of rotatable bonds is 3. The fourth-order valence-electron chi connectivity index (χ4n) is 1.02. The Hall–Kier alpha value is -0.930. The molecule has 1 aromatic rings. The van der Waals surface area contributed by atoms with Crippen molar-refractivity contribution in [3.63, 3.8) is 0 Å². The van der Waals surface area contributed by atoms with Crippen LogP contribution in [0.2, 0.25) is 5.02 Å². The van der Waals surface area contributed by atoms with E-state index in [9.17, 15) is 9.18 Å². The molecule has 0 aliphatic carbocycles. The number of Topliss-reactive ketones (excluding diaryl/α,β-unsaturated/α-hetero) is 1. The largest absolute Gasteiger partial charge is 0.386 e. The van der Waals surface area contributed by atoms with E-state index in [2.05, 4.69) is 0 Å². The van der Waals surface area contributed by atoms with Crippen LogP contribution in [0.3, 0.4) is 0 Å². The first-order valence-electron chi connectivity index (χ1n) is 4.16. The lowest BCUT2D eigenvalue weighted by atomic mass is 10.1. The zero-order valence-electron chi connectivity index (χ0n) is 7.63. The van der Waals surface area contributed by atoms with Crippen molar-refractivity contribution in [2.45, 2.75) is 19.4 Å². The molecule has 0 aliphatic heterocycles. The summed E-state index contributed by atoms with van der Waals surface area (Å²) < 4.78 is 13.2. The van der Waals surface area contributed by atoms with E-state index in [1.165, 1.54) is 25.1 Å². The van der Waals surface area contributed by atoms with Crippen LogP contribution in [-0.2, 0) is 11.2 Å². The molecule has 0 fully saturated rings. The van der Waals surface area contributed by atoms with Crippen molar-refractivity contribution >= 4 is 17.4 Å². The van der Waals surface area contributed by atoms with E-state index in [0.717, 1.165) is 0 Å². The second-order valence-electron chi connectivity index (χ2n) is 3.02. The summed E-state index contributed by atoms with van der Waals surface area (Å²) >= 11 is 5.70. The minimum atomic E-state index is -1.09. The Morgan fingerprint density at radius 3 is 2.79 bits per heavy atom. The molecule has 0 heterocycles. The van der Waals surface area contributed by atoms with E-state index in [0.29, 0.717) is 0 Å². The Bertz CT molecular complexity index is 330. The van der Waals surface area contributed by atoms with Gasteiger partial charge in [-0.15, -0.1) is 0 Å². The molecule has 0 aliphatic rings. The highest BCUT2D eigenvalue weighted by molar-refractivity contribution is 6.31. The lowest BCUT2D eigenvalue weighted by Crippen LogP contribution is -2.19. The summed E-state index contributed by atoms with van der Waals surface area (Å²) in [7, 11) is 0. The third-order valence-electron chi connectivity index (χ3n) is 1.88. The molecule has 1 atom stereocenters. The molecule has 4 heteroatoms. The van der Waals surface area contributed by atoms with Crippen LogP contribution in [0, 0.1) is 5.82 Å². The van der Waals surface area contributed by atoms with Crippen molar-refractivity contribution in [2.75, 3.05) is 0 Å². The summed E-state index contributed by atoms with van der Waals surface area (Å²) in [6, 6.07) is 4.21. The zero-order valence-corrected chi connectivity index (χ0v) is 8.38. The number of carbonyl (C=O) groups excluding carboxylic acids is 1. The first-order valence-corrected chi connectivity index (χ1v) is 4.54. The van der Waals surface area contributed by atoms with Gasteiger partial charge in [-0.25, -0.2) is 4.39 Å². The van der Waals surface area contributed by atoms with Gasteiger partial charge < -0.3 is 5.11 Å². The predicted octanol–water partition coefficient (Wildman–Crippen LogP) is 1.97. The number of aliphatic hydroxyl groups is 1. The summed E-state index contributed by atoms with van der Waals surface area (Å²) in [5.41, 5.74) is 0.139. The Kier molecular flexibility index (Phi) is 3.61. The van der Waals surface area contributed by atoms with Crippen LogP contribution in [0.25, 0.3) is 0 Å². The molecule has 76 valence electrons. The molecule has 0 saturated carbocycles. The molecule has 0 amide bonds. The number of halogens is 2. The van der Waals surface area contributed by atoms with Crippen molar-refractivity contribution in [1.82, 2.24) is 0 Å². The smallest absolute Gasteiger partial charge is 0.165 e. The third-order valence-corrected chi connectivity index (χ3v) is 2.23. The van der Waals surface area contributed by atoms with E-state index in [1.54, 1.807) is 0 Å². The second kappa shape index (κ2) is 4.53.